The smallest absolute Gasteiger partial charge is 0.407 e. The Morgan fingerprint density at radius 2 is 1.59 bits per heavy atom. The predicted octanol–water partition coefficient (Wildman–Crippen LogP) is 3.24. The molecule has 0 bridgehead atoms. The van der Waals surface area contributed by atoms with Crippen molar-refractivity contribution in [1.82, 2.24) is 24.8 Å². The van der Waals surface area contributed by atoms with Crippen molar-refractivity contribution in [3.8, 4) is 11.1 Å². The maximum Gasteiger partial charge on any atom is 0.407 e. The molecule has 1 aliphatic heterocycles. The number of rotatable bonds is 7. The van der Waals surface area contributed by atoms with E-state index < -0.39 is 37.2 Å². The molecule has 1 fully saturated rings. The third-order valence-corrected chi connectivity index (χ3v) is 8.08. The normalized spacial score (nSPS) is 20.7. The van der Waals surface area contributed by atoms with Gasteiger partial charge in [-0.2, -0.15) is 0 Å². The molecule has 0 saturated carbocycles. The first-order chi connectivity index (χ1) is 21.5. The van der Waals surface area contributed by atoms with Crippen LogP contribution in [0.4, 0.5) is 10.6 Å². The molecular formula is C32H28N6O6. The number of benzene rings is 3. The molecule has 3 heterocycles. The van der Waals surface area contributed by atoms with Crippen LogP contribution in [0, 0.1) is 0 Å². The molecule has 2 aromatic heterocycles. The molecule has 0 radical (unpaired) electrons. The Bertz CT molecular complexity index is 1800. The van der Waals surface area contributed by atoms with Crippen LogP contribution in [-0.2, 0) is 9.47 Å². The summed E-state index contributed by atoms with van der Waals surface area (Å²) in [6.45, 7) is -0.399. The number of hydrogen-bond acceptors (Lipinski definition) is 9. The van der Waals surface area contributed by atoms with Crippen LogP contribution in [-0.4, -0.2) is 73.2 Å². The summed E-state index contributed by atoms with van der Waals surface area (Å²) in [4.78, 5) is 38.8. The van der Waals surface area contributed by atoms with Gasteiger partial charge in [0.05, 0.1) is 12.9 Å². The van der Waals surface area contributed by atoms with E-state index in [0.717, 1.165) is 22.3 Å². The number of aliphatic hydroxyl groups is 2. The number of nitrogens with zero attached hydrogens (tertiary/aromatic N) is 4. The Labute approximate surface area is 251 Å². The fourth-order valence-electron chi connectivity index (χ4n) is 5.97. The summed E-state index contributed by atoms with van der Waals surface area (Å²) in [6, 6.07) is 23.7. The highest BCUT2D eigenvalue weighted by molar-refractivity contribution is 6.06. The van der Waals surface area contributed by atoms with E-state index in [2.05, 4.69) is 37.7 Å². The topological polar surface area (TPSA) is 161 Å². The Balaban J connectivity index is 1.10. The first kappa shape index (κ1) is 27.7. The third kappa shape index (κ3) is 4.84. The van der Waals surface area contributed by atoms with E-state index in [0.29, 0.717) is 11.2 Å². The molecule has 2 aliphatic rings. The molecule has 7 rings (SSSR count). The molecule has 4 atom stereocenters. The van der Waals surface area contributed by atoms with E-state index in [1.54, 1.807) is 24.3 Å². The number of carbonyl (C=O) groups excluding carboxylic acids is 2. The molecule has 1 aliphatic carbocycles. The standard InChI is InChI=1S/C32H28N6O6/c39-14-24-27(40)25(36-32(42)43-15-23-21-12-6-4-10-19(21)20-11-5-7-13-22(20)23)31(44-24)38-17-35-26-28(33-16-34-29(26)38)37-30(41)18-8-2-1-3-9-18/h1-13,16-17,23-25,27,31,39-40H,14-15H2,(H,36,42)(H,33,34,37,41)/t24-,25-,27-,31-/m1/s1. The second-order valence-corrected chi connectivity index (χ2v) is 10.6. The van der Waals surface area contributed by atoms with Gasteiger partial charge in [-0.25, -0.2) is 19.7 Å². The molecule has 2 amide bonds. The number of nitrogens with one attached hydrogen (secondary N) is 2. The summed E-state index contributed by atoms with van der Waals surface area (Å²) in [5.74, 6) is -0.332. The van der Waals surface area contributed by atoms with Gasteiger partial charge < -0.3 is 30.3 Å². The van der Waals surface area contributed by atoms with Gasteiger partial charge in [-0.05, 0) is 34.4 Å². The van der Waals surface area contributed by atoms with Gasteiger partial charge in [0.2, 0.25) is 0 Å². The quantitative estimate of drug-likeness (QED) is 0.222. The molecule has 0 spiro atoms. The molecule has 222 valence electrons. The molecule has 4 N–H and O–H groups in total. The van der Waals surface area contributed by atoms with E-state index >= 15 is 0 Å². The van der Waals surface area contributed by atoms with Gasteiger partial charge in [0.1, 0.15) is 31.2 Å². The van der Waals surface area contributed by atoms with Crippen molar-refractivity contribution in [3.63, 3.8) is 0 Å². The van der Waals surface area contributed by atoms with Gasteiger partial charge in [0.25, 0.3) is 5.91 Å². The first-order valence-corrected chi connectivity index (χ1v) is 14.1. The van der Waals surface area contributed by atoms with Crippen LogP contribution in [0.15, 0.2) is 91.5 Å². The molecule has 3 aromatic carbocycles. The third-order valence-electron chi connectivity index (χ3n) is 8.08. The van der Waals surface area contributed by atoms with Gasteiger partial charge in [0, 0.05) is 11.5 Å². The lowest BCUT2D eigenvalue weighted by Gasteiger charge is -2.23. The number of imidazole rings is 1. The number of fused-ring (bicyclic) bond motifs is 4. The Hall–Kier alpha value is -5.17. The number of hydrogen-bond donors (Lipinski definition) is 4. The SMILES string of the molecule is O=C(N[C@@H]1[C@H](O)[C@@H](CO)O[C@H]1n1cnc2c(NC(=O)c3ccccc3)ncnc21)OCC1c2ccccc2-c2ccccc21. The lowest BCUT2D eigenvalue weighted by atomic mass is 9.98. The van der Waals surface area contributed by atoms with Crippen LogP contribution < -0.4 is 10.6 Å². The van der Waals surface area contributed by atoms with E-state index in [9.17, 15) is 19.8 Å². The number of aromatic nitrogens is 4. The van der Waals surface area contributed by atoms with Crippen molar-refractivity contribution < 1.29 is 29.3 Å². The molecule has 1 saturated heterocycles. The number of anilines is 1. The summed E-state index contributed by atoms with van der Waals surface area (Å²) in [5, 5.41) is 26.4. The summed E-state index contributed by atoms with van der Waals surface area (Å²) < 4.78 is 13.2. The van der Waals surface area contributed by atoms with Crippen LogP contribution in [0.25, 0.3) is 22.3 Å². The Morgan fingerprint density at radius 1 is 0.909 bits per heavy atom. The van der Waals surface area contributed by atoms with Crippen molar-refractivity contribution in [2.24, 2.45) is 0 Å². The fraction of sp³-hybridized carbons (Fsp3) is 0.219. The fourth-order valence-corrected chi connectivity index (χ4v) is 5.97. The highest BCUT2D eigenvalue weighted by Crippen LogP contribution is 2.44. The minimum absolute atomic E-state index is 0.0866. The predicted molar refractivity (Wildman–Crippen MR) is 159 cm³/mol. The lowest BCUT2D eigenvalue weighted by Crippen LogP contribution is -2.47. The highest BCUT2D eigenvalue weighted by Gasteiger charge is 2.46. The number of amides is 2. The van der Waals surface area contributed by atoms with Gasteiger partial charge in [0.15, 0.2) is 23.2 Å². The molecule has 12 heteroatoms. The average Bonchev–Trinajstić information content (AvgIpc) is 3.73. The molecule has 44 heavy (non-hydrogen) atoms. The molecule has 0 unspecified atom stereocenters. The number of alkyl carbamates (subject to hydrolysis) is 1. The van der Waals surface area contributed by atoms with Gasteiger partial charge in [-0.3, -0.25) is 9.36 Å². The second kappa shape index (κ2) is 11.5. The van der Waals surface area contributed by atoms with Crippen molar-refractivity contribution in [1.29, 1.82) is 0 Å². The summed E-state index contributed by atoms with van der Waals surface area (Å²) >= 11 is 0. The molecular weight excluding hydrogens is 564 g/mol. The highest BCUT2D eigenvalue weighted by atomic mass is 16.6. The van der Waals surface area contributed by atoms with Crippen molar-refractivity contribution in [2.75, 3.05) is 18.5 Å². The largest absolute Gasteiger partial charge is 0.449 e. The monoisotopic (exact) mass is 592 g/mol. The van der Waals surface area contributed by atoms with Crippen LogP contribution in [0.1, 0.15) is 33.6 Å². The van der Waals surface area contributed by atoms with Crippen molar-refractivity contribution in [3.05, 3.63) is 108 Å². The van der Waals surface area contributed by atoms with Crippen molar-refractivity contribution in [2.45, 2.75) is 30.4 Å². The van der Waals surface area contributed by atoms with E-state index in [-0.39, 0.29) is 29.8 Å². The molecule has 5 aromatic rings. The zero-order valence-corrected chi connectivity index (χ0v) is 23.3. The van der Waals surface area contributed by atoms with Crippen molar-refractivity contribution >= 4 is 29.0 Å². The number of carbonyl (C=O) groups is 2. The zero-order chi connectivity index (χ0) is 30.2. The van der Waals surface area contributed by atoms with Crippen LogP contribution in [0.2, 0.25) is 0 Å². The summed E-state index contributed by atoms with van der Waals surface area (Å²) in [7, 11) is 0. The van der Waals surface area contributed by atoms with Crippen LogP contribution in [0.5, 0.6) is 0 Å². The van der Waals surface area contributed by atoms with Gasteiger partial charge in [-0.15, -0.1) is 0 Å². The van der Waals surface area contributed by atoms with Crippen LogP contribution in [0.3, 0.4) is 0 Å². The average molecular weight is 593 g/mol. The minimum atomic E-state index is -1.26. The lowest BCUT2D eigenvalue weighted by molar-refractivity contribution is -0.0440. The minimum Gasteiger partial charge on any atom is -0.449 e. The summed E-state index contributed by atoms with van der Waals surface area (Å²) in [6.07, 6.45) is -1.32. The zero-order valence-electron chi connectivity index (χ0n) is 23.3. The van der Waals surface area contributed by atoms with Gasteiger partial charge >= 0.3 is 6.09 Å². The number of aliphatic hydroxyl groups excluding tert-OH is 2. The maximum absolute atomic E-state index is 13.1. The Kier molecular flexibility index (Phi) is 7.22. The maximum atomic E-state index is 13.1. The second-order valence-electron chi connectivity index (χ2n) is 10.6. The summed E-state index contributed by atoms with van der Waals surface area (Å²) in [5.41, 5.74) is 5.37. The Morgan fingerprint density at radius 3 is 2.30 bits per heavy atom. The first-order valence-electron chi connectivity index (χ1n) is 14.1. The van der Waals surface area contributed by atoms with E-state index in [1.807, 2.05) is 42.5 Å². The van der Waals surface area contributed by atoms with Gasteiger partial charge in [-0.1, -0.05) is 66.7 Å². The van der Waals surface area contributed by atoms with Crippen LogP contribution >= 0.6 is 0 Å². The van der Waals surface area contributed by atoms with E-state index in [4.69, 9.17) is 9.47 Å². The molecule has 12 nitrogen and oxygen atoms in total. The number of ether oxygens (including phenoxy) is 2. The van der Waals surface area contributed by atoms with E-state index in [1.165, 1.54) is 17.2 Å².